The number of hydrogen-bond acceptors (Lipinski definition) is 2. The van der Waals surface area contributed by atoms with Gasteiger partial charge in [-0.25, -0.2) is 4.79 Å². The molecule has 0 saturated heterocycles. The summed E-state index contributed by atoms with van der Waals surface area (Å²) in [5, 5.41) is 17.0. The van der Waals surface area contributed by atoms with Gasteiger partial charge in [-0.3, -0.25) is 0 Å². The summed E-state index contributed by atoms with van der Waals surface area (Å²) in [6.07, 6.45) is 6.66. The van der Waals surface area contributed by atoms with E-state index in [1.165, 1.54) is 18.9 Å². The third-order valence-corrected chi connectivity index (χ3v) is 2.18. The molecule has 0 aliphatic heterocycles. The number of allylic oxidation sites excluding steroid dienone is 1. The van der Waals surface area contributed by atoms with E-state index in [4.69, 9.17) is 10.4 Å². The molecule has 0 unspecified atom stereocenters. The lowest BCUT2D eigenvalue weighted by Gasteiger charge is -2.02. The van der Waals surface area contributed by atoms with E-state index in [1.54, 1.807) is 6.07 Å². The van der Waals surface area contributed by atoms with Crippen LogP contribution in [-0.2, 0) is 4.79 Å². The molecule has 15 heavy (non-hydrogen) atoms. The van der Waals surface area contributed by atoms with E-state index in [9.17, 15) is 4.79 Å². The molecule has 0 aromatic heterocycles. The Morgan fingerprint density at radius 3 is 2.53 bits per heavy atom. The standard InChI is InChI=1S/C12H19NO2/c1-10(2)7-5-3-4-6-8-11(9-13)12(14)15/h8,10H,3-7H2,1-2H3,(H,14,15). The van der Waals surface area contributed by atoms with Crippen molar-refractivity contribution in [3.8, 4) is 6.07 Å². The van der Waals surface area contributed by atoms with Crippen molar-refractivity contribution in [3.05, 3.63) is 11.6 Å². The number of carbonyl (C=O) groups is 1. The van der Waals surface area contributed by atoms with Gasteiger partial charge >= 0.3 is 5.97 Å². The number of rotatable bonds is 7. The van der Waals surface area contributed by atoms with Crippen LogP contribution in [0.1, 0.15) is 46.0 Å². The van der Waals surface area contributed by atoms with Crippen LogP contribution in [-0.4, -0.2) is 11.1 Å². The third kappa shape index (κ3) is 7.75. The highest BCUT2D eigenvalue weighted by molar-refractivity contribution is 5.90. The van der Waals surface area contributed by atoms with Crippen LogP contribution < -0.4 is 0 Å². The Hall–Kier alpha value is -1.30. The maximum Gasteiger partial charge on any atom is 0.346 e. The average molecular weight is 209 g/mol. The van der Waals surface area contributed by atoms with Gasteiger partial charge in [-0.2, -0.15) is 5.26 Å². The minimum Gasteiger partial charge on any atom is -0.477 e. The quantitative estimate of drug-likeness (QED) is 0.398. The first-order valence-electron chi connectivity index (χ1n) is 5.41. The van der Waals surface area contributed by atoms with Gasteiger partial charge < -0.3 is 5.11 Å². The summed E-state index contributed by atoms with van der Waals surface area (Å²) < 4.78 is 0. The van der Waals surface area contributed by atoms with Crippen molar-refractivity contribution in [3.63, 3.8) is 0 Å². The van der Waals surface area contributed by atoms with Crippen LogP contribution in [0.4, 0.5) is 0 Å². The van der Waals surface area contributed by atoms with Crippen molar-refractivity contribution in [2.75, 3.05) is 0 Å². The first kappa shape index (κ1) is 13.7. The predicted octanol–water partition coefficient (Wildman–Crippen LogP) is 3.13. The number of nitriles is 1. The second kappa shape index (κ2) is 8.05. The molecule has 0 aliphatic carbocycles. The SMILES string of the molecule is CC(C)CCCCCC=C(C#N)C(=O)O. The third-order valence-electron chi connectivity index (χ3n) is 2.18. The Bertz CT molecular complexity index is 261. The second-order valence-corrected chi connectivity index (χ2v) is 4.07. The van der Waals surface area contributed by atoms with Crippen molar-refractivity contribution in [2.45, 2.75) is 46.0 Å². The first-order chi connectivity index (χ1) is 7.07. The maximum absolute atomic E-state index is 10.4. The zero-order chi connectivity index (χ0) is 11.7. The molecular formula is C12H19NO2. The zero-order valence-electron chi connectivity index (χ0n) is 9.49. The number of hydrogen-bond donors (Lipinski definition) is 1. The molecule has 0 rings (SSSR count). The second-order valence-electron chi connectivity index (χ2n) is 4.07. The zero-order valence-corrected chi connectivity index (χ0v) is 9.49. The summed E-state index contributed by atoms with van der Waals surface area (Å²) in [6, 6.07) is 1.67. The van der Waals surface area contributed by atoms with Crippen LogP contribution in [0.2, 0.25) is 0 Å². The van der Waals surface area contributed by atoms with Gasteiger partial charge in [-0.15, -0.1) is 0 Å². The summed E-state index contributed by atoms with van der Waals surface area (Å²) in [5.41, 5.74) is -0.140. The van der Waals surface area contributed by atoms with Gasteiger partial charge in [0.05, 0.1) is 0 Å². The molecule has 1 N–H and O–H groups in total. The van der Waals surface area contributed by atoms with Crippen LogP contribution in [0, 0.1) is 17.2 Å². The fraction of sp³-hybridized carbons (Fsp3) is 0.667. The summed E-state index contributed by atoms with van der Waals surface area (Å²) in [5.74, 6) is -0.395. The molecule has 0 heterocycles. The lowest BCUT2D eigenvalue weighted by Crippen LogP contribution is -1.97. The predicted molar refractivity (Wildman–Crippen MR) is 59.3 cm³/mol. The lowest BCUT2D eigenvalue weighted by molar-refractivity contribution is -0.132. The summed E-state index contributed by atoms with van der Waals surface area (Å²) in [7, 11) is 0. The molecule has 0 amide bonds. The van der Waals surface area contributed by atoms with Crippen LogP contribution in [0.3, 0.4) is 0 Å². The van der Waals surface area contributed by atoms with Gasteiger partial charge in [0.2, 0.25) is 0 Å². The van der Waals surface area contributed by atoms with Crippen molar-refractivity contribution in [1.82, 2.24) is 0 Å². The fourth-order valence-electron chi connectivity index (χ4n) is 1.30. The molecule has 0 bridgehead atoms. The number of unbranched alkanes of at least 4 members (excludes halogenated alkanes) is 3. The van der Waals surface area contributed by atoms with E-state index >= 15 is 0 Å². The number of aliphatic carboxylic acids is 1. The molecular weight excluding hydrogens is 190 g/mol. The fourth-order valence-corrected chi connectivity index (χ4v) is 1.30. The van der Waals surface area contributed by atoms with Crippen LogP contribution in [0.25, 0.3) is 0 Å². The Kier molecular flexibility index (Phi) is 7.35. The molecule has 3 nitrogen and oxygen atoms in total. The summed E-state index contributed by atoms with van der Waals surface area (Å²) in [4.78, 5) is 10.4. The Balaban J connectivity index is 3.61. The van der Waals surface area contributed by atoms with E-state index in [0.717, 1.165) is 18.8 Å². The molecule has 0 radical (unpaired) electrons. The maximum atomic E-state index is 10.4. The molecule has 84 valence electrons. The van der Waals surface area contributed by atoms with Crippen molar-refractivity contribution >= 4 is 5.97 Å². The Morgan fingerprint density at radius 1 is 1.40 bits per heavy atom. The molecule has 0 aliphatic rings. The monoisotopic (exact) mass is 209 g/mol. The molecule has 0 fully saturated rings. The van der Waals surface area contributed by atoms with Gasteiger partial charge in [-0.1, -0.05) is 39.2 Å². The largest absolute Gasteiger partial charge is 0.477 e. The normalized spacial score (nSPS) is 11.5. The van der Waals surface area contributed by atoms with Crippen LogP contribution >= 0.6 is 0 Å². The number of carboxylic acids is 1. The minimum absolute atomic E-state index is 0.140. The smallest absolute Gasteiger partial charge is 0.346 e. The lowest BCUT2D eigenvalue weighted by atomic mass is 10.0. The Morgan fingerprint density at radius 2 is 2.07 bits per heavy atom. The first-order valence-corrected chi connectivity index (χ1v) is 5.41. The molecule has 3 heteroatoms. The van der Waals surface area contributed by atoms with E-state index < -0.39 is 5.97 Å². The number of carboxylic acid groups (broad SMARTS) is 1. The highest BCUT2D eigenvalue weighted by atomic mass is 16.4. The summed E-state index contributed by atoms with van der Waals surface area (Å²) >= 11 is 0. The van der Waals surface area contributed by atoms with Crippen LogP contribution in [0.15, 0.2) is 11.6 Å². The number of nitrogens with zero attached hydrogens (tertiary/aromatic N) is 1. The van der Waals surface area contributed by atoms with Gasteiger partial charge in [0, 0.05) is 0 Å². The van der Waals surface area contributed by atoms with Gasteiger partial charge in [0.25, 0.3) is 0 Å². The summed E-state index contributed by atoms with van der Waals surface area (Å²) in [6.45, 7) is 4.39. The topological polar surface area (TPSA) is 61.1 Å². The van der Waals surface area contributed by atoms with E-state index in [1.807, 2.05) is 0 Å². The van der Waals surface area contributed by atoms with Gasteiger partial charge in [-0.05, 0) is 18.8 Å². The average Bonchev–Trinajstić information content (AvgIpc) is 2.15. The molecule has 0 saturated carbocycles. The molecule has 0 aromatic carbocycles. The van der Waals surface area contributed by atoms with E-state index in [-0.39, 0.29) is 5.57 Å². The van der Waals surface area contributed by atoms with Gasteiger partial charge in [0.15, 0.2) is 0 Å². The molecule has 0 atom stereocenters. The van der Waals surface area contributed by atoms with Crippen LogP contribution in [0.5, 0.6) is 0 Å². The molecule has 0 spiro atoms. The molecule has 0 aromatic rings. The van der Waals surface area contributed by atoms with E-state index in [0.29, 0.717) is 6.42 Å². The van der Waals surface area contributed by atoms with Crippen molar-refractivity contribution < 1.29 is 9.90 Å². The Labute approximate surface area is 91.4 Å². The van der Waals surface area contributed by atoms with Crippen molar-refractivity contribution in [1.29, 1.82) is 5.26 Å². The highest BCUT2D eigenvalue weighted by Gasteiger charge is 2.03. The van der Waals surface area contributed by atoms with E-state index in [2.05, 4.69) is 13.8 Å². The van der Waals surface area contributed by atoms with Gasteiger partial charge in [0.1, 0.15) is 11.6 Å². The van der Waals surface area contributed by atoms with Crippen molar-refractivity contribution in [2.24, 2.45) is 5.92 Å². The highest BCUT2D eigenvalue weighted by Crippen LogP contribution is 2.10. The minimum atomic E-state index is -1.13.